The first-order chi connectivity index (χ1) is 7.35. The highest BCUT2D eigenvalue weighted by Gasteiger charge is 2.21. The Labute approximate surface area is 95.8 Å². The van der Waals surface area contributed by atoms with Crippen molar-refractivity contribution in [3.8, 4) is 0 Å². The first kappa shape index (κ1) is 12.7. The average Bonchev–Trinajstić information content (AvgIpc) is 2.46. The molecule has 0 unspecified atom stereocenters. The van der Waals surface area contributed by atoms with Gasteiger partial charge in [-0.2, -0.15) is 0 Å². The molecular weight excluding hydrogens is 206 g/mol. The molecule has 0 atom stereocenters. The molecule has 0 N–H and O–H groups in total. The van der Waals surface area contributed by atoms with Crippen LogP contribution in [0.2, 0.25) is 0 Å². The zero-order chi connectivity index (χ0) is 12.3. The monoisotopic (exact) mass is 225 g/mol. The van der Waals surface area contributed by atoms with E-state index in [1.54, 1.807) is 11.5 Å². The molecule has 0 radical (unpaired) electrons. The first-order valence-electron chi connectivity index (χ1n) is 5.42. The van der Waals surface area contributed by atoms with Crippen LogP contribution in [0.15, 0.2) is 0 Å². The van der Waals surface area contributed by atoms with Gasteiger partial charge in [0.25, 0.3) is 0 Å². The van der Waals surface area contributed by atoms with Crippen molar-refractivity contribution in [2.45, 2.75) is 41.2 Å². The van der Waals surface area contributed by atoms with Crippen LogP contribution in [0.1, 0.15) is 44.1 Å². The number of ether oxygens (including phenoxy) is 1. The van der Waals surface area contributed by atoms with Gasteiger partial charge >= 0.3 is 5.97 Å². The van der Waals surface area contributed by atoms with E-state index in [1.165, 1.54) is 0 Å². The summed E-state index contributed by atoms with van der Waals surface area (Å²) >= 11 is 0. The molecule has 0 fully saturated rings. The Morgan fingerprint density at radius 3 is 2.50 bits per heavy atom. The van der Waals surface area contributed by atoms with Crippen LogP contribution in [-0.4, -0.2) is 27.3 Å². The number of esters is 1. The van der Waals surface area contributed by atoms with Gasteiger partial charge in [0.05, 0.1) is 6.61 Å². The molecule has 1 rings (SSSR count). The fourth-order valence-corrected chi connectivity index (χ4v) is 1.39. The van der Waals surface area contributed by atoms with Crippen LogP contribution in [0, 0.1) is 12.3 Å². The van der Waals surface area contributed by atoms with Crippen LogP contribution in [0.3, 0.4) is 0 Å². The van der Waals surface area contributed by atoms with Gasteiger partial charge in [0.2, 0.25) is 5.82 Å². The molecule has 1 heterocycles. The Bertz CT molecular complexity index is 377. The molecule has 0 aliphatic carbocycles. The lowest BCUT2D eigenvalue weighted by molar-refractivity contribution is 0.0503. The minimum absolute atomic E-state index is 0.0639. The smallest absolute Gasteiger partial charge is 0.376 e. The zero-order valence-electron chi connectivity index (χ0n) is 10.6. The first-order valence-corrected chi connectivity index (χ1v) is 5.42. The van der Waals surface area contributed by atoms with E-state index in [1.807, 2.05) is 6.92 Å². The zero-order valence-corrected chi connectivity index (χ0v) is 10.6. The lowest BCUT2D eigenvalue weighted by atomic mass is 9.97. The molecule has 0 aliphatic rings. The fraction of sp³-hybridized carbons (Fsp3) is 0.727. The van der Waals surface area contributed by atoms with Gasteiger partial charge in [-0.15, -0.1) is 10.2 Å². The summed E-state index contributed by atoms with van der Waals surface area (Å²) < 4.78 is 6.74. The molecule has 0 saturated carbocycles. The Kier molecular flexibility index (Phi) is 3.67. The second-order valence-electron chi connectivity index (χ2n) is 4.94. The van der Waals surface area contributed by atoms with Gasteiger partial charge < -0.3 is 9.30 Å². The van der Waals surface area contributed by atoms with Crippen molar-refractivity contribution in [3.05, 3.63) is 11.6 Å². The van der Waals surface area contributed by atoms with E-state index in [4.69, 9.17) is 4.74 Å². The van der Waals surface area contributed by atoms with Crippen molar-refractivity contribution in [1.29, 1.82) is 0 Å². The van der Waals surface area contributed by atoms with Crippen molar-refractivity contribution in [1.82, 2.24) is 14.8 Å². The van der Waals surface area contributed by atoms with Crippen LogP contribution in [0.4, 0.5) is 0 Å². The van der Waals surface area contributed by atoms with Crippen molar-refractivity contribution in [2.24, 2.45) is 5.41 Å². The Morgan fingerprint density at radius 2 is 2.00 bits per heavy atom. The molecule has 90 valence electrons. The van der Waals surface area contributed by atoms with Crippen LogP contribution >= 0.6 is 0 Å². The summed E-state index contributed by atoms with van der Waals surface area (Å²) in [6.45, 7) is 10.9. The Hall–Kier alpha value is -1.39. The van der Waals surface area contributed by atoms with Gasteiger partial charge in [-0.3, -0.25) is 0 Å². The SMILES string of the molecule is CCOC(=O)c1nnc(C)n1CC(C)(C)C. The summed E-state index contributed by atoms with van der Waals surface area (Å²) in [4.78, 5) is 11.6. The molecule has 0 aromatic carbocycles. The second-order valence-corrected chi connectivity index (χ2v) is 4.94. The van der Waals surface area contributed by atoms with E-state index in [9.17, 15) is 4.79 Å². The third kappa shape index (κ3) is 3.05. The lowest BCUT2D eigenvalue weighted by Crippen LogP contribution is -2.21. The van der Waals surface area contributed by atoms with Gasteiger partial charge in [0.1, 0.15) is 5.82 Å². The summed E-state index contributed by atoms with van der Waals surface area (Å²) in [5.74, 6) is 0.611. The van der Waals surface area contributed by atoms with Gasteiger partial charge in [-0.1, -0.05) is 20.8 Å². The summed E-state index contributed by atoms with van der Waals surface area (Å²) in [5, 5.41) is 7.77. The van der Waals surface area contributed by atoms with Crippen LogP contribution in [0.25, 0.3) is 0 Å². The summed E-state index contributed by atoms with van der Waals surface area (Å²) in [7, 11) is 0. The van der Waals surface area contributed by atoms with Gasteiger partial charge in [0, 0.05) is 6.54 Å². The molecule has 0 spiro atoms. The average molecular weight is 225 g/mol. The van der Waals surface area contributed by atoms with E-state index in [2.05, 4.69) is 31.0 Å². The second kappa shape index (κ2) is 4.63. The normalized spacial score (nSPS) is 11.6. The van der Waals surface area contributed by atoms with E-state index in [-0.39, 0.29) is 11.2 Å². The van der Waals surface area contributed by atoms with E-state index in [0.717, 1.165) is 5.82 Å². The molecule has 1 aromatic rings. The van der Waals surface area contributed by atoms with E-state index >= 15 is 0 Å². The van der Waals surface area contributed by atoms with Crippen LogP contribution in [0.5, 0.6) is 0 Å². The summed E-state index contributed by atoms with van der Waals surface area (Å²) in [5.41, 5.74) is 0.0639. The number of hydrogen-bond acceptors (Lipinski definition) is 4. The third-order valence-corrected chi connectivity index (χ3v) is 2.03. The maximum Gasteiger partial charge on any atom is 0.376 e. The van der Waals surface area contributed by atoms with Gasteiger partial charge in [-0.05, 0) is 19.3 Å². The maximum absolute atomic E-state index is 11.6. The van der Waals surface area contributed by atoms with Crippen LogP contribution < -0.4 is 0 Å². The molecule has 16 heavy (non-hydrogen) atoms. The molecule has 5 nitrogen and oxygen atoms in total. The topological polar surface area (TPSA) is 57.0 Å². The molecule has 0 bridgehead atoms. The lowest BCUT2D eigenvalue weighted by Gasteiger charge is -2.20. The minimum atomic E-state index is -0.410. The quantitative estimate of drug-likeness (QED) is 0.736. The van der Waals surface area contributed by atoms with Crippen molar-refractivity contribution in [3.63, 3.8) is 0 Å². The maximum atomic E-state index is 11.6. The predicted molar refractivity (Wildman–Crippen MR) is 60.2 cm³/mol. The number of aryl methyl sites for hydroxylation is 1. The van der Waals surface area contributed by atoms with Crippen molar-refractivity contribution in [2.75, 3.05) is 6.61 Å². The molecule has 0 saturated heterocycles. The number of carbonyl (C=O) groups excluding carboxylic acids is 1. The Balaban J connectivity index is 2.98. The largest absolute Gasteiger partial charge is 0.460 e. The van der Waals surface area contributed by atoms with Gasteiger partial charge in [0.15, 0.2) is 0 Å². The fourth-order valence-electron chi connectivity index (χ4n) is 1.39. The third-order valence-electron chi connectivity index (χ3n) is 2.03. The summed E-state index contributed by atoms with van der Waals surface area (Å²) in [6, 6.07) is 0. The summed E-state index contributed by atoms with van der Waals surface area (Å²) in [6.07, 6.45) is 0. The van der Waals surface area contributed by atoms with E-state index in [0.29, 0.717) is 13.2 Å². The molecule has 0 amide bonds. The number of nitrogens with zero attached hydrogens (tertiary/aromatic N) is 3. The highest BCUT2D eigenvalue weighted by Crippen LogP contribution is 2.18. The van der Waals surface area contributed by atoms with Crippen molar-refractivity contribution < 1.29 is 9.53 Å². The Morgan fingerprint density at radius 1 is 1.38 bits per heavy atom. The number of aromatic nitrogens is 3. The van der Waals surface area contributed by atoms with E-state index < -0.39 is 5.97 Å². The number of carbonyl (C=O) groups is 1. The molecule has 0 aliphatic heterocycles. The molecular formula is C11H19N3O2. The van der Waals surface area contributed by atoms with Gasteiger partial charge in [-0.25, -0.2) is 4.79 Å². The minimum Gasteiger partial charge on any atom is -0.460 e. The van der Waals surface area contributed by atoms with Crippen molar-refractivity contribution >= 4 is 5.97 Å². The standard InChI is InChI=1S/C11H19N3O2/c1-6-16-10(15)9-13-12-8(2)14(9)7-11(3,4)5/h6-7H2,1-5H3. The van der Waals surface area contributed by atoms with Crippen LogP contribution in [-0.2, 0) is 11.3 Å². The predicted octanol–water partition coefficient (Wildman–Crippen LogP) is 1.81. The highest BCUT2D eigenvalue weighted by atomic mass is 16.5. The molecule has 5 heteroatoms. The number of hydrogen-bond donors (Lipinski definition) is 0. The number of rotatable bonds is 3. The molecule has 1 aromatic heterocycles. The highest BCUT2D eigenvalue weighted by molar-refractivity contribution is 5.85.